The van der Waals surface area contributed by atoms with Gasteiger partial charge in [-0.1, -0.05) is 24.1 Å². The van der Waals surface area contributed by atoms with E-state index in [4.69, 9.17) is 4.74 Å². The van der Waals surface area contributed by atoms with E-state index in [1.54, 1.807) is 43.3 Å². The van der Waals surface area contributed by atoms with E-state index < -0.39 is 5.97 Å². The van der Waals surface area contributed by atoms with Gasteiger partial charge in [-0.25, -0.2) is 4.79 Å². The molecule has 0 atom stereocenters. The van der Waals surface area contributed by atoms with Gasteiger partial charge in [0.25, 0.3) is 0 Å². The first-order chi connectivity index (χ1) is 11.9. The minimum Gasteiger partial charge on any atom is -0.454 e. The summed E-state index contributed by atoms with van der Waals surface area (Å²) in [5.74, 6) is -0.917. The minimum atomic E-state index is -0.521. The summed E-state index contributed by atoms with van der Waals surface area (Å²) >= 11 is 0. The first-order valence-electron chi connectivity index (χ1n) is 8.07. The number of carbonyl (C=O) groups is 3. The molecule has 0 aliphatic carbocycles. The molecule has 2 rings (SSSR count). The first kappa shape index (κ1) is 18.4. The van der Waals surface area contributed by atoms with Crippen molar-refractivity contribution >= 4 is 23.3 Å². The molecule has 0 spiro atoms. The van der Waals surface area contributed by atoms with Gasteiger partial charge in [0.15, 0.2) is 12.4 Å². The van der Waals surface area contributed by atoms with Gasteiger partial charge in [0.05, 0.1) is 5.56 Å². The smallest absolute Gasteiger partial charge is 0.338 e. The predicted octanol–water partition coefficient (Wildman–Crippen LogP) is 3.69. The molecule has 25 heavy (non-hydrogen) atoms. The fraction of sp³-hybridized carbons (Fsp3) is 0.250. The van der Waals surface area contributed by atoms with Crippen LogP contribution in [-0.2, 0) is 9.53 Å². The molecule has 0 saturated carbocycles. The molecular formula is C20H21NO4. The van der Waals surface area contributed by atoms with Gasteiger partial charge in [0.1, 0.15) is 0 Å². The van der Waals surface area contributed by atoms with Crippen LogP contribution in [0.25, 0.3) is 0 Å². The maximum atomic E-state index is 12.1. The molecule has 0 radical (unpaired) electrons. The molecule has 5 nitrogen and oxygen atoms in total. The van der Waals surface area contributed by atoms with Gasteiger partial charge < -0.3 is 10.1 Å². The maximum Gasteiger partial charge on any atom is 0.338 e. The maximum absolute atomic E-state index is 12.1. The Morgan fingerprint density at radius 2 is 1.52 bits per heavy atom. The topological polar surface area (TPSA) is 72.5 Å². The highest BCUT2D eigenvalue weighted by Crippen LogP contribution is 2.12. The summed E-state index contributed by atoms with van der Waals surface area (Å²) in [4.78, 5) is 35.5. The van der Waals surface area contributed by atoms with Crippen molar-refractivity contribution in [2.24, 2.45) is 0 Å². The summed E-state index contributed by atoms with van der Waals surface area (Å²) in [6.07, 6.45) is 0.384. The standard InChI is InChI=1S/C20H21NO4/c1-4-19(23)21-17-7-5-15(6-8-17)18(22)12-25-20(24)16-10-13(2)9-14(3)11-16/h5-11H,4,12H2,1-3H3,(H,21,23). The van der Waals surface area contributed by atoms with Crippen LogP contribution in [0.5, 0.6) is 0 Å². The number of nitrogens with one attached hydrogen (secondary N) is 1. The van der Waals surface area contributed by atoms with Crippen LogP contribution in [0.3, 0.4) is 0 Å². The summed E-state index contributed by atoms with van der Waals surface area (Å²) < 4.78 is 5.11. The lowest BCUT2D eigenvalue weighted by atomic mass is 10.1. The lowest BCUT2D eigenvalue weighted by Crippen LogP contribution is -2.15. The summed E-state index contributed by atoms with van der Waals surface area (Å²) in [7, 11) is 0. The molecule has 130 valence electrons. The van der Waals surface area contributed by atoms with Crippen molar-refractivity contribution < 1.29 is 19.1 Å². The molecule has 2 aromatic carbocycles. The molecule has 0 fully saturated rings. The van der Waals surface area contributed by atoms with Crippen molar-refractivity contribution in [2.45, 2.75) is 27.2 Å². The molecule has 5 heteroatoms. The highest BCUT2D eigenvalue weighted by molar-refractivity contribution is 6.00. The number of ketones is 1. The van der Waals surface area contributed by atoms with Crippen molar-refractivity contribution in [3.63, 3.8) is 0 Å². The number of ether oxygens (including phenoxy) is 1. The van der Waals surface area contributed by atoms with Gasteiger partial charge >= 0.3 is 5.97 Å². The second-order valence-electron chi connectivity index (χ2n) is 5.85. The third-order valence-electron chi connectivity index (χ3n) is 3.60. The van der Waals surface area contributed by atoms with E-state index >= 15 is 0 Å². The summed E-state index contributed by atoms with van der Waals surface area (Å²) in [6.45, 7) is 5.23. The number of carbonyl (C=O) groups excluding carboxylic acids is 3. The molecule has 0 heterocycles. The number of rotatable bonds is 6. The number of esters is 1. The zero-order valence-corrected chi connectivity index (χ0v) is 14.6. The van der Waals surface area contributed by atoms with Gasteiger partial charge in [-0.2, -0.15) is 0 Å². The Balaban J connectivity index is 1.95. The van der Waals surface area contributed by atoms with Crippen LogP contribution >= 0.6 is 0 Å². The first-order valence-corrected chi connectivity index (χ1v) is 8.07. The molecule has 2 aromatic rings. The molecule has 1 amide bonds. The Kier molecular flexibility index (Phi) is 6.06. The Morgan fingerprint density at radius 1 is 0.920 bits per heavy atom. The highest BCUT2D eigenvalue weighted by Gasteiger charge is 2.13. The highest BCUT2D eigenvalue weighted by atomic mass is 16.5. The number of hydrogen-bond acceptors (Lipinski definition) is 4. The molecular weight excluding hydrogens is 318 g/mol. The number of benzene rings is 2. The SMILES string of the molecule is CCC(=O)Nc1ccc(C(=O)COC(=O)c2cc(C)cc(C)c2)cc1. The monoisotopic (exact) mass is 339 g/mol. The van der Waals surface area contributed by atoms with Gasteiger partial charge in [-0.3, -0.25) is 9.59 Å². The Bertz CT molecular complexity index is 774. The average Bonchev–Trinajstić information content (AvgIpc) is 2.59. The van der Waals surface area contributed by atoms with E-state index in [1.165, 1.54) is 0 Å². The Hall–Kier alpha value is -2.95. The fourth-order valence-corrected chi connectivity index (χ4v) is 2.38. The molecule has 0 saturated heterocycles. The van der Waals surface area contributed by atoms with Crippen LogP contribution < -0.4 is 5.32 Å². The second kappa shape index (κ2) is 8.24. The second-order valence-corrected chi connectivity index (χ2v) is 5.85. The van der Waals surface area contributed by atoms with E-state index in [9.17, 15) is 14.4 Å². The average molecular weight is 339 g/mol. The van der Waals surface area contributed by atoms with Gasteiger partial charge in [0, 0.05) is 17.7 Å². The van der Waals surface area contributed by atoms with Crippen LogP contribution in [0.4, 0.5) is 5.69 Å². The number of aryl methyl sites for hydroxylation is 2. The number of anilines is 1. The zero-order chi connectivity index (χ0) is 18.4. The third kappa shape index (κ3) is 5.28. The van der Waals surface area contributed by atoms with Gasteiger partial charge in [0.2, 0.25) is 5.91 Å². The van der Waals surface area contributed by atoms with Crippen LogP contribution in [0.2, 0.25) is 0 Å². The zero-order valence-electron chi connectivity index (χ0n) is 14.6. The normalized spacial score (nSPS) is 10.2. The van der Waals surface area contributed by atoms with Crippen LogP contribution in [0, 0.1) is 13.8 Å². The molecule has 0 unspecified atom stereocenters. The van der Waals surface area contributed by atoms with Crippen molar-refractivity contribution in [3.8, 4) is 0 Å². The minimum absolute atomic E-state index is 0.0959. The van der Waals surface area contributed by atoms with E-state index in [1.807, 2.05) is 19.9 Å². The molecule has 0 aromatic heterocycles. The quantitative estimate of drug-likeness (QED) is 0.643. The van der Waals surface area contributed by atoms with Crippen molar-refractivity contribution in [1.29, 1.82) is 0 Å². The molecule has 0 aliphatic rings. The lowest BCUT2D eigenvalue weighted by molar-refractivity contribution is -0.115. The largest absolute Gasteiger partial charge is 0.454 e. The summed E-state index contributed by atoms with van der Waals surface area (Å²) in [5.41, 5.74) is 3.40. The van der Waals surface area contributed by atoms with Crippen LogP contribution in [-0.4, -0.2) is 24.3 Å². The van der Waals surface area contributed by atoms with E-state index in [0.717, 1.165) is 11.1 Å². The van der Waals surface area contributed by atoms with Crippen molar-refractivity contribution in [2.75, 3.05) is 11.9 Å². The number of amides is 1. The summed E-state index contributed by atoms with van der Waals surface area (Å²) in [6, 6.07) is 11.9. The van der Waals surface area contributed by atoms with Crippen molar-refractivity contribution in [3.05, 3.63) is 64.7 Å². The number of hydrogen-bond donors (Lipinski definition) is 1. The van der Waals surface area contributed by atoms with Gasteiger partial charge in [-0.05, 0) is 50.2 Å². The lowest BCUT2D eigenvalue weighted by Gasteiger charge is -2.07. The molecule has 0 aliphatic heterocycles. The third-order valence-corrected chi connectivity index (χ3v) is 3.60. The Morgan fingerprint density at radius 3 is 2.08 bits per heavy atom. The van der Waals surface area contributed by atoms with Crippen molar-refractivity contribution in [1.82, 2.24) is 0 Å². The van der Waals surface area contributed by atoms with E-state index in [-0.39, 0.29) is 18.3 Å². The van der Waals surface area contributed by atoms with Crippen LogP contribution in [0.1, 0.15) is 45.2 Å². The fourth-order valence-electron chi connectivity index (χ4n) is 2.38. The predicted molar refractivity (Wildman–Crippen MR) is 95.9 cm³/mol. The van der Waals surface area contributed by atoms with E-state index in [0.29, 0.717) is 23.2 Å². The van der Waals surface area contributed by atoms with Gasteiger partial charge in [-0.15, -0.1) is 0 Å². The summed E-state index contributed by atoms with van der Waals surface area (Å²) in [5, 5.41) is 2.70. The molecule has 0 bridgehead atoms. The molecule has 1 N–H and O–H groups in total. The number of Topliss-reactive ketones (excluding diaryl/α,β-unsaturated/α-hetero) is 1. The Labute approximate surface area is 147 Å². The van der Waals surface area contributed by atoms with E-state index in [2.05, 4.69) is 5.32 Å². The van der Waals surface area contributed by atoms with Crippen LogP contribution in [0.15, 0.2) is 42.5 Å².